The maximum absolute atomic E-state index is 11.6. The van der Waals surface area contributed by atoms with E-state index in [1.54, 1.807) is 0 Å². The topological polar surface area (TPSA) is 59.0 Å². The van der Waals surface area contributed by atoms with Crippen LogP contribution < -0.4 is 0 Å². The number of ether oxygens (including phenoxy) is 1. The fourth-order valence-corrected chi connectivity index (χ4v) is 4.19. The van der Waals surface area contributed by atoms with Gasteiger partial charge in [0, 0.05) is 6.54 Å². The Kier molecular flexibility index (Phi) is 6.29. The number of carboxylic acid groups (broad SMARTS) is 1. The number of hydrogen-bond donors (Lipinski definition) is 1. The smallest absolute Gasteiger partial charge is 0.407 e. The zero-order valence-corrected chi connectivity index (χ0v) is 17.0. The SMILES string of the molecule is CC(C)(C)[Si](C)(C)O[C@H]1C[C@H](COCc2ccccc2)N(C(=O)O)C1. The molecule has 25 heavy (non-hydrogen) atoms. The minimum atomic E-state index is -1.91. The normalized spacial score (nSPS) is 21.6. The molecule has 2 atom stereocenters. The van der Waals surface area contributed by atoms with E-state index in [4.69, 9.17) is 9.16 Å². The second-order valence-electron chi connectivity index (χ2n) is 8.33. The molecule has 0 aromatic heterocycles. The molecule has 1 N–H and O–H groups in total. The van der Waals surface area contributed by atoms with E-state index >= 15 is 0 Å². The molecule has 1 aromatic carbocycles. The van der Waals surface area contributed by atoms with Gasteiger partial charge in [-0.1, -0.05) is 51.1 Å². The average Bonchev–Trinajstić information content (AvgIpc) is 2.89. The zero-order chi connectivity index (χ0) is 18.7. The van der Waals surface area contributed by atoms with Crippen molar-refractivity contribution < 1.29 is 19.1 Å². The van der Waals surface area contributed by atoms with E-state index in [1.165, 1.54) is 4.90 Å². The molecule has 1 amide bonds. The van der Waals surface area contributed by atoms with Crippen molar-refractivity contribution in [1.29, 1.82) is 0 Å². The van der Waals surface area contributed by atoms with Crippen molar-refractivity contribution in [1.82, 2.24) is 4.90 Å². The molecule has 1 aromatic rings. The van der Waals surface area contributed by atoms with Crippen LogP contribution in [0.15, 0.2) is 30.3 Å². The summed E-state index contributed by atoms with van der Waals surface area (Å²) in [6.07, 6.45) is -0.231. The lowest BCUT2D eigenvalue weighted by atomic mass is 10.2. The largest absolute Gasteiger partial charge is 0.465 e. The van der Waals surface area contributed by atoms with Gasteiger partial charge < -0.3 is 19.2 Å². The van der Waals surface area contributed by atoms with Gasteiger partial charge in [-0.3, -0.25) is 0 Å². The highest BCUT2D eigenvalue weighted by molar-refractivity contribution is 6.74. The van der Waals surface area contributed by atoms with Crippen LogP contribution in [-0.4, -0.2) is 49.7 Å². The highest BCUT2D eigenvalue weighted by Gasteiger charge is 2.43. The minimum Gasteiger partial charge on any atom is -0.465 e. The third-order valence-corrected chi connectivity index (χ3v) is 9.85. The Hall–Kier alpha value is -1.37. The predicted octanol–water partition coefficient (Wildman–Crippen LogP) is 4.35. The summed E-state index contributed by atoms with van der Waals surface area (Å²) < 4.78 is 12.2. The van der Waals surface area contributed by atoms with Gasteiger partial charge in [0.2, 0.25) is 0 Å². The predicted molar refractivity (Wildman–Crippen MR) is 101 cm³/mol. The van der Waals surface area contributed by atoms with Crippen molar-refractivity contribution in [2.75, 3.05) is 13.2 Å². The highest BCUT2D eigenvalue weighted by Crippen LogP contribution is 2.38. The molecule has 0 spiro atoms. The van der Waals surface area contributed by atoms with Crippen molar-refractivity contribution in [2.24, 2.45) is 0 Å². The molecule has 1 saturated heterocycles. The van der Waals surface area contributed by atoms with Crippen LogP contribution in [0.3, 0.4) is 0 Å². The molecule has 1 aliphatic heterocycles. The number of likely N-dealkylation sites (tertiary alicyclic amines) is 1. The molecule has 0 bridgehead atoms. The second-order valence-corrected chi connectivity index (χ2v) is 13.1. The van der Waals surface area contributed by atoms with Crippen molar-refractivity contribution in [2.45, 2.75) is 64.1 Å². The van der Waals surface area contributed by atoms with Crippen LogP contribution in [0.1, 0.15) is 32.8 Å². The zero-order valence-electron chi connectivity index (χ0n) is 16.0. The van der Waals surface area contributed by atoms with Crippen LogP contribution in [0.25, 0.3) is 0 Å². The number of carbonyl (C=O) groups is 1. The van der Waals surface area contributed by atoms with Gasteiger partial charge in [0.1, 0.15) is 0 Å². The summed E-state index contributed by atoms with van der Waals surface area (Å²) in [6, 6.07) is 9.79. The lowest BCUT2D eigenvalue weighted by Gasteiger charge is -2.38. The van der Waals surface area contributed by atoms with E-state index in [9.17, 15) is 9.90 Å². The highest BCUT2D eigenvalue weighted by atomic mass is 28.4. The molecule has 5 nitrogen and oxygen atoms in total. The van der Waals surface area contributed by atoms with Gasteiger partial charge in [0.25, 0.3) is 0 Å². The fraction of sp³-hybridized carbons (Fsp3) is 0.632. The van der Waals surface area contributed by atoms with E-state index < -0.39 is 14.4 Å². The Morgan fingerprint density at radius 3 is 2.48 bits per heavy atom. The van der Waals surface area contributed by atoms with Gasteiger partial charge in [-0.15, -0.1) is 0 Å². The summed E-state index contributed by atoms with van der Waals surface area (Å²) in [7, 11) is -1.91. The first-order valence-electron chi connectivity index (χ1n) is 8.89. The fourth-order valence-electron chi connectivity index (χ4n) is 2.83. The number of hydrogen-bond acceptors (Lipinski definition) is 3. The Labute approximate surface area is 152 Å². The van der Waals surface area contributed by atoms with Gasteiger partial charge in [-0.2, -0.15) is 0 Å². The molecular weight excluding hydrogens is 334 g/mol. The monoisotopic (exact) mass is 365 g/mol. The van der Waals surface area contributed by atoms with Crippen molar-refractivity contribution in [3.63, 3.8) is 0 Å². The van der Waals surface area contributed by atoms with E-state index in [-0.39, 0.29) is 17.2 Å². The standard InChI is InChI=1S/C19H31NO4Si/c1-19(2,3)25(4,5)24-17-11-16(20(12-17)18(21)22)14-23-13-15-9-7-6-8-10-15/h6-10,16-17H,11-14H2,1-5H3,(H,21,22)/t16-,17+/m1/s1. The lowest BCUT2D eigenvalue weighted by molar-refractivity contribution is 0.0643. The summed E-state index contributed by atoms with van der Waals surface area (Å²) in [5, 5.41) is 9.62. The summed E-state index contributed by atoms with van der Waals surface area (Å²) in [6.45, 7) is 12.3. The van der Waals surface area contributed by atoms with Gasteiger partial charge >= 0.3 is 6.09 Å². The molecular formula is C19H31NO4Si. The Balaban J connectivity index is 1.92. The molecule has 1 aliphatic rings. The first-order valence-corrected chi connectivity index (χ1v) is 11.8. The Bertz CT molecular complexity index is 571. The van der Waals surface area contributed by atoms with Gasteiger partial charge in [0.05, 0.1) is 25.4 Å². The summed E-state index contributed by atoms with van der Waals surface area (Å²) in [5.74, 6) is 0. The van der Waals surface area contributed by atoms with Gasteiger partial charge in [-0.05, 0) is 30.1 Å². The first-order chi connectivity index (χ1) is 11.6. The third-order valence-electron chi connectivity index (χ3n) is 5.31. The Morgan fingerprint density at radius 1 is 1.28 bits per heavy atom. The molecule has 0 unspecified atom stereocenters. The lowest BCUT2D eigenvalue weighted by Crippen LogP contribution is -2.44. The van der Waals surface area contributed by atoms with Crippen molar-refractivity contribution in [3.05, 3.63) is 35.9 Å². The van der Waals surface area contributed by atoms with E-state index in [2.05, 4.69) is 33.9 Å². The summed E-state index contributed by atoms with van der Waals surface area (Å²) in [5.41, 5.74) is 1.09. The molecule has 140 valence electrons. The maximum atomic E-state index is 11.6. The summed E-state index contributed by atoms with van der Waals surface area (Å²) >= 11 is 0. The van der Waals surface area contributed by atoms with E-state index in [0.717, 1.165) is 5.56 Å². The van der Waals surface area contributed by atoms with E-state index in [1.807, 2.05) is 30.3 Å². The van der Waals surface area contributed by atoms with Crippen LogP contribution in [0.5, 0.6) is 0 Å². The molecule has 0 saturated carbocycles. The van der Waals surface area contributed by atoms with Crippen molar-refractivity contribution >= 4 is 14.4 Å². The van der Waals surface area contributed by atoms with Gasteiger partial charge in [0.15, 0.2) is 8.32 Å². The number of rotatable bonds is 6. The molecule has 2 rings (SSSR count). The summed E-state index contributed by atoms with van der Waals surface area (Å²) in [4.78, 5) is 13.1. The van der Waals surface area contributed by atoms with E-state index in [0.29, 0.717) is 26.2 Å². The first kappa shape index (κ1) is 19.9. The Morgan fingerprint density at radius 2 is 1.92 bits per heavy atom. The number of amides is 1. The van der Waals surface area contributed by atoms with Crippen LogP contribution in [0, 0.1) is 0 Å². The molecule has 0 aliphatic carbocycles. The third kappa shape index (κ3) is 5.30. The van der Waals surface area contributed by atoms with Crippen LogP contribution >= 0.6 is 0 Å². The maximum Gasteiger partial charge on any atom is 0.407 e. The quantitative estimate of drug-likeness (QED) is 0.762. The van der Waals surface area contributed by atoms with Gasteiger partial charge in [-0.25, -0.2) is 4.79 Å². The average molecular weight is 366 g/mol. The molecule has 1 fully saturated rings. The number of benzene rings is 1. The minimum absolute atomic E-state index is 0.0395. The molecule has 6 heteroatoms. The number of nitrogens with zero attached hydrogens (tertiary/aromatic N) is 1. The van der Waals surface area contributed by atoms with Crippen LogP contribution in [0.4, 0.5) is 4.79 Å². The molecule has 0 radical (unpaired) electrons. The molecule has 1 heterocycles. The second kappa shape index (κ2) is 7.89. The van der Waals surface area contributed by atoms with Crippen LogP contribution in [0.2, 0.25) is 18.1 Å². The van der Waals surface area contributed by atoms with Crippen LogP contribution in [-0.2, 0) is 15.8 Å². The van der Waals surface area contributed by atoms with Crippen molar-refractivity contribution in [3.8, 4) is 0 Å².